The van der Waals surface area contributed by atoms with Crippen LogP contribution in [0.1, 0.15) is 53.4 Å². The van der Waals surface area contributed by atoms with Crippen molar-refractivity contribution in [2.24, 2.45) is 23.0 Å². The molecule has 0 aromatic carbocycles. The van der Waals surface area contributed by atoms with Crippen LogP contribution >= 0.6 is 0 Å². The molecule has 0 heterocycles. The maximum atomic E-state index is 6.30. The second-order valence-electron chi connectivity index (χ2n) is 7.06. The van der Waals surface area contributed by atoms with Crippen LogP contribution in [-0.4, -0.2) is 31.1 Å². The van der Waals surface area contributed by atoms with Crippen LogP contribution in [0.2, 0.25) is 0 Å². The van der Waals surface area contributed by atoms with Crippen LogP contribution in [0, 0.1) is 17.3 Å². The molecule has 1 aliphatic carbocycles. The maximum Gasteiger partial charge on any atom is 0.00795 e. The van der Waals surface area contributed by atoms with Gasteiger partial charge in [0.05, 0.1) is 0 Å². The predicted molar refractivity (Wildman–Crippen MR) is 76.0 cm³/mol. The van der Waals surface area contributed by atoms with Gasteiger partial charge in [-0.05, 0) is 56.5 Å². The van der Waals surface area contributed by atoms with Crippen molar-refractivity contribution in [3.05, 3.63) is 0 Å². The van der Waals surface area contributed by atoms with Gasteiger partial charge in [0, 0.05) is 12.6 Å². The quantitative estimate of drug-likeness (QED) is 0.818. The van der Waals surface area contributed by atoms with E-state index in [0.717, 1.165) is 5.92 Å². The average molecular weight is 240 g/mol. The maximum absolute atomic E-state index is 6.30. The van der Waals surface area contributed by atoms with Crippen LogP contribution in [0.3, 0.4) is 0 Å². The summed E-state index contributed by atoms with van der Waals surface area (Å²) in [5.41, 5.74) is 6.75. The normalized spacial score (nSPS) is 30.9. The van der Waals surface area contributed by atoms with Crippen LogP contribution in [0.4, 0.5) is 0 Å². The second-order valence-corrected chi connectivity index (χ2v) is 7.06. The molecule has 0 amide bonds. The SMILES string of the molecule is CCCN(C)CC1CC(C(C)(C)C)CCC1N. The molecule has 3 unspecified atom stereocenters. The Morgan fingerprint density at radius 2 is 1.88 bits per heavy atom. The minimum absolute atomic E-state index is 0.424. The fraction of sp³-hybridized carbons (Fsp3) is 1.00. The molecule has 0 bridgehead atoms. The summed E-state index contributed by atoms with van der Waals surface area (Å²) in [5, 5.41) is 0. The minimum atomic E-state index is 0.424. The standard InChI is InChI=1S/C15H32N2/c1-6-9-17(5)11-12-10-13(15(2,3)4)7-8-14(12)16/h12-14H,6-11,16H2,1-5H3. The van der Waals surface area contributed by atoms with Gasteiger partial charge in [0.2, 0.25) is 0 Å². The first kappa shape index (κ1) is 15.0. The Bertz CT molecular complexity index is 219. The van der Waals surface area contributed by atoms with E-state index in [1.807, 2.05) is 0 Å². The van der Waals surface area contributed by atoms with E-state index in [0.29, 0.717) is 17.4 Å². The molecule has 1 rings (SSSR count). The van der Waals surface area contributed by atoms with Crippen LogP contribution in [0.5, 0.6) is 0 Å². The van der Waals surface area contributed by atoms with Gasteiger partial charge in [-0.25, -0.2) is 0 Å². The van der Waals surface area contributed by atoms with Crippen molar-refractivity contribution in [2.75, 3.05) is 20.1 Å². The fourth-order valence-corrected chi connectivity index (χ4v) is 3.16. The van der Waals surface area contributed by atoms with E-state index in [2.05, 4.69) is 39.6 Å². The Morgan fingerprint density at radius 3 is 2.41 bits per heavy atom. The van der Waals surface area contributed by atoms with Crippen LogP contribution in [0.25, 0.3) is 0 Å². The predicted octanol–water partition coefficient (Wildman–Crippen LogP) is 3.12. The number of rotatable bonds is 4. The smallest absolute Gasteiger partial charge is 0.00795 e. The first-order chi connectivity index (χ1) is 7.84. The van der Waals surface area contributed by atoms with E-state index in [4.69, 9.17) is 5.73 Å². The summed E-state index contributed by atoms with van der Waals surface area (Å²) in [5.74, 6) is 1.55. The Balaban J connectivity index is 2.52. The van der Waals surface area contributed by atoms with Gasteiger partial charge in [0.15, 0.2) is 0 Å². The Kier molecular flexibility index (Phi) is 5.46. The lowest BCUT2D eigenvalue weighted by molar-refractivity contribution is 0.106. The summed E-state index contributed by atoms with van der Waals surface area (Å²) >= 11 is 0. The second kappa shape index (κ2) is 6.19. The first-order valence-corrected chi connectivity index (χ1v) is 7.28. The molecule has 3 atom stereocenters. The number of nitrogens with two attached hydrogens (primary N) is 1. The number of hydrogen-bond donors (Lipinski definition) is 1. The van der Waals surface area contributed by atoms with Gasteiger partial charge < -0.3 is 10.6 Å². The molecular weight excluding hydrogens is 208 g/mol. The Labute approximate surface area is 108 Å². The van der Waals surface area contributed by atoms with Crippen molar-refractivity contribution in [2.45, 2.75) is 59.4 Å². The van der Waals surface area contributed by atoms with E-state index in [-0.39, 0.29) is 0 Å². The largest absolute Gasteiger partial charge is 0.327 e. The lowest BCUT2D eigenvalue weighted by atomic mass is 9.67. The Morgan fingerprint density at radius 1 is 1.24 bits per heavy atom. The molecule has 2 nitrogen and oxygen atoms in total. The summed E-state index contributed by atoms with van der Waals surface area (Å²) < 4.78 is 0. The molecule has 1 fully saturated rings. The van der Waals surface area contributed by atoms with Crippen molar-refractivity contribution >= 4 is 0 Å². The first-order valence-electron chi connectivity index (χ1n) is 7.28. The van der Waals surface area contributed by atoms with E-state index >= 15 is 0 Å². The molecule has 102 valence electrons. The van der Waals surface area contributed by atoms with Crippen molar-refractivity contribution < 1.29 is 0 Å². The molecule has 0 spiro atoms. The number of nitrogens with zero attached hydrogens (tertiary/aromatic N) is 1. The van der Waals surface area contributed by atoms with Gasteiger partial charge >= 0.3 is 0 Å². The highest BCUT2D eigenvalue weighted by molar-refractivity contribution is 4.88. The summed E-state index contributed by atoms with van der Waals surface area (Å²) in [4.78, 5) is 2.45. The van der Waals surface area contributed by atoms with Crippen molar-refractivity contribution in [3.63, 3.8) is 0 Å². The number of hydrogen-bond acceptors (Lipinski definition) is 2. The summed E-state index contributed by atoms with van der Waals surface area (Å²) in [6, 6.07) is 0.424. The zero-order chi connectivity index (χ0) is 13.1. The van der Waals surface area contributed by atoms with E-state index in [1.165, 1.54) is 38.8 Å². The highest BCUT2D eigenvalue weighted by Crippen LogP contribution is 2.39. The van der Waals surface area contributed by atoms with Crippen molar-refractivity contribution in [3.8, 4) is 0 Å². The molecule has 17 heavy (non-hydrogen) atoms. The molecule has 2 heteroatoms. The monoisotopic (exact) mass is 240 g/mol. The molecule has 0 aromatic rings. The van der Waals surface area contributed by atoms with E-state index in [9.17, 15) is 0 Å². The molecule has 0 saturated heterocycles. The highest BCUT2D eigenvalue weighted by atomic mass is 15.1. The van der Waals surface area contributed by atoms with Gasteiger partial charge in [-0.2, -0.15) is 0 Å². The van der Waals surface area contributed by atoms with Gasteiger partial charge in [0.25, 0.3) is 0 Å². The van der Waals surface area contributed by atoms with Gasteiger partial charge in [-0.15, -0.1) is 0 Å². The third-order valence-corrected chi connectivity index (χ3v) is 4.42. The average Bonchev–Trinajstić information content (AvgIpc) is 2.20. The molecule has 1 saturated carbocycles. The minimum Gasteiger partial charge on any atom is -0.327 e. The lowest BCUT2D eigenvalue weighted by Crippen LogP contribution is -2.44. The van der Waals surface area contributed by atoms with Crippen LogP contribution in [-0.2, 0) is 0 Å². The van der Waals surface area contributed by atoms with Crippen LogP contribution < -0.4 is 5.73 Å². The molecule has 0 aliphatic heterocycles. The third-order valence-electron chi connectivity index (χ3n) is 4.42. The third kappa shape index (κ3) is 4.59. The van der Waals surface area contributed by atoms with Crippen LogP contribution in [0.15, 0.2) is 0 Å². The van der Waals surface area contributed by atoms with E-state index in [1.54, 1.807) is 0 Å². The molecule has 0 aromatic heterocycles. The lowest BCUT2D eigenvalue weighted by Gasteiger charge is -2.41. The zero-order valence-corrected chi connectivity index (χ0v) is 12.5. The topological polar surface area (TPSA) is 29.3 Å². The Hall–Kier alpha value is -0.0800. The van der Waals surface area contributed by atoms with Gasteiger partial charge in [-0.3, -0.25) is 0 Å². The molecular formula is C15H32N2. The zero-order valence-electron chi connectivity index (χ0n) is 12.5. The highest BCUT2D eigenvalue weighted by Gasteiger charge is 2.34. The summed E-state index contributed by atoms with van der Waals surface area (Å²) in [7, 11) is 2.23. The van der Waals surface area contributed by atoms with E-state index < -0.39 is 0 Å². The summed E-state index contributed by atoms with van der Waals surface area (Å²) in [6.45, 7) is 11.8. The molecule has 0 radical (unpaired) electrons. The summed E-state index contributed by atoms with van der Waals surface area (Å²) in [6.07, 6.45) is 5.09. The van der Waals surface area contributed by atoms with Gasteiger partial charge in [-0.1, -0.05) is 27.7 Å². The van der Waals surface area contributed by atoms with Gasteiger partial charge in [0.1, 0.15) is 0 Å². The molecule has 1 aliphatic rings. The fourth-order valence-electron chi connectivity index (χ4n) is 3.16. The molecule has 2 N–H and O–H groups in total. The van der Waals surface area contributed by atoms with Crippen molar-refractivity contribution in [1.82, 2.24) is 4.90 Å². The van der Waals surface area contributed by atoms with Crippen molar-refractivity contribution in [1.29, 1.82) is 0 Å².